The van der Waals surface area contributed by atoms with Gasteiger partial charge in [0.25, 0.3) is 5.91 Å². The summed E-state index contributed by atoms with van der Waals surface area (Å²) in [6.45, 7) is 6.48. The van der Waals surface area contributed by atoms with E-state index >= 15 is 0 Å². The molecule has 1 saturated heterocycles. The average molecular weight is 661 g/mol. The first kappa shape index (κ1) is 33.3. The SMILES string of the molecule is CC(C)[C@H]1CN(C)CCN1Cc1cc2c(c(C(F)(F)F)c1)CN(c1cc(C3(Cc4nncn4C)CC(F)(F)C3)cc(N(C)C)n1)C2=O. The van der Waals surface area contributed by atoms with E-state index in [2.05, 4.69) is 38.8 Å². The molecule has 14 heteroatoms. The highest BCUT2D eigenvalue weighted by Gasteiger charge is 2.58. The fraction of sp³-hybridized carbons (Fsp3) is 0.576. The summed E-state index contributed by atoms with van der Waals surface area (Å²) in [6, 6.07) is 6.21. The van der Waals surface area contributed by atoms with Crippen molar-refractivity contribution >= 4 is 17.5 Å². The first-order valence-corrected chi connectivity index (χ1v) is 15.8. The minimum atomic E-state index is -4.68. The van der Waals surface area contributed by atoms with Crippen LogP contribution in [0.5, 0.6) is 0 Å². The summed E-state index contributed by atoms with van der Waals surface area (Å²) in [5.41, 5.74) is -1.02. The Bertz CT molecular complexity index is 1660. The number of likely N-dealkylation sites (N-methyl/N-ethyl adjacent to an activating group) is 1. The predicted molar refractivity (Wildman–Crippen MR) is 168 cm³/mol. The van der Waals surface area contributed by atoms with E-state index in [0.717, 1.165) is 13.1 Å². The number of aromatic nitrogens is 4. The number of benzene rings is 1. The Labute approximate surface area is 271 Å². The number of piperazine rings is 1. The van der Waals surface area contributed by atoms with Crippen molar-refractivity contribution in [2.45, 2.75) is 69.8 Å². The van der Waals surface area contributed by atoms with Crippen LogP contribution in [0.4, 0.5) is 33.6 Å². The van der Waals surface area contributed by atoms with Crippen molar-refractivity contribution in [3.05, 3.63) is 64.2 Å². The molecular formula is C33H41F5N8O. The Morgan fingerprint density at radius 1 is 1.06 bits per heavy atom. The molecule has 1 aromatic carbocycles. The number of carbonyl (C=O) groups is 1. The maximum atomic E-state index is 14.6. The number of hydrogen-bond donors (Lipinski definition) is 0. The molecule has 0 spiro atoms. The standard InChI is InChI=1S/C33H41F5N8O/c1-20(2)26-16-43(5)7-8-45(26)14-21-9-23-24(25(10-21)33(36,37)38)15-46(30(23)47)28-12-22(11-27(40-28)42(3)4)31(17-32(34,35)18-31)13-29-41-39-19-44(29)6/h9-12,19-20,26H,7-8,13-18H2,1-6H3/t26-/m1/s1. The number of nitrogens with zero attached hydrogens (tertiary/aromatic N) is 8. The lowest BCUT2D eigenvalue weighted by molar-refractivity contribution is -0.138. The molecule has 1 atom stereocenters. The predicted octanol–water partition coefficient (Wildman–Crippen LogP) is 5.14. The average Bonchev–Trinajstić information content (AvgIpc) is 3.53. The van der Waals surface area contributed by atoms with Gasteiger partial charge in [0.15, 0.2) is 0 Å². The topological polar surface area (TPSA) is 73.6 Å². The third kappa shape index (κ3) is 6.33. The number of carbonyl (C=O) groups excluding carboxylic acids is 1. The van der Waals surface area contributed by atoms with Crippen LogP contribution in [0.1, 0.15) is 65.1 Å². The lowest BCUT2D eigenvalue weighted by Crippen LogP contribution is -2.53. The fourth-order valence-corrected chi connectivity index (χ4v) is 7.37. The molecule has 3 aliphatic rings. The summed E-state index contributed by atoms with van der Waals surface area (Å²) in [5.74, 6) is -2.15. The van der Waals surface area contributed by atoms with E-state index in [4.69, 9.17) is 0 Å². The van der Waals surface area contributed by atoms with Gasteiger partial charge >= 0.3 is 6.18 Å². The van der Waals surface area contributed by atoms with Crippen LogP contribution in [-0.4, -0.2) is 88.2 Å². The largest absolute Gasteiger partial charge is 0.416 e. The van der Waals surface area contributed by atoms with E-state index < -0.39 is 41.8 Å². The van der Waals surface area contributed by atoms with E-state index in [1.54, 1.807) is 48.8 Å². The van der Waals surface area contributed by atoms with Gasteiger partial charge < -0.3 is 14.4 Å². The van der Waals surface area contributed by atoms with Gasteiger partial charge in [0.05, 0.1) is 12.1 Å². The summed E-state index contributed by atoms with van der Waals surface area (Å²) in [4.78, 5) is 26.0. The summed E-state index contributed by atoms with van der Waals surface area (Å²) in [7, 11) is 7.24. The molecule has 6 rings (SSSR count). The van der Waals surface area contributed by atoms with Gasteiger partial charge in [-0.05, 0) is 53.9 Å². The third-order valence-electron chi connectivity index (χ3n) is 9.94. The molecule has 254 valence electrons. The number of anilines is 2. The summed E-state index contributed by atoms with van der Waals surface area (Å²) in [5, 5.41) is 8.01. The maximum absolute atomic E-state index is 14.6. The van der Waals surface area contributed by atoms with Gasteiger partial charge in [-0.3, -0.25) is 14.6 Å². The fourth-order valence-electron chi connectivity index (χ4n) is 7.37. The lowest BCUT2D eigenvalue weighted by Gasteiger charge is -2.48. The van der Waals surface area contributed by atoms with Crippen LogP contribution in [-0.2, 0) is 38.1 Å². The summed E-state index contributed by atoms with van der Waals surface area (Å²) < 4.78 is 74.5. The molecule has 2 aromatic heterocycles. The maximum Gasteiger partial charge on any atom is 0.416 e. The first-order chi connectivity index (χ1) is 22.0. The second-order valence-electron chi connectivity index (χ2n) is 14.1. The molecule has 2 fully saturated rings. The van der Waals surface area contributed by atoms with Gasteiger partial charge in [-0.15, -0.1) is 10.2 Å². The molecule has 1 aliphatic carbocycles. The van der Waals surface area contributed by atoms with Crippen molar-refractivity contribution in [2.75, 3.05) is 50.6 Å². The molecule has 0 N–H and O–H groups in total. The normalized spacial score (nSPS) is 21.3. The Balaban J connectivity index is 1.38. The van der Waals surface area contributed by atoms with Crippen LogP contribution in [0.3, 0.4) is 0 Å². The number of halogens is 5. The highest BCUT2D eigenvalue weighted by Crippen LogP contribution is 2.56. The van der Waals surface area contributed by atoms with E-state index in [0.29, 0.717) is 35.2 Å². The van der Waals surface area contributed by atoms with Crippen LogP contribution in [0.2, 0.25) is 0 Å². The van der Waals surface area contributed by atoms with Crippen LogP contribution >= 0.6 is 0 Å². The summed E-state index contributed by atoms with van der Waals surface area (Å²) in [6.07, 6.45) is -3.89. The van der Waals surface area contributed by atoms with Gasteiger partial charge in [0.1, 0.15) is 23.8 Å². The van der Waals surface area contributed by atoms with Gasteiger partial charge in [-0.25, -0.2) is 13.8 Å². The first-order valence-electron chi connectivity index (χ1n) is 15.8. The summed E-state index contributed by atoms with van der Waals surface area (Å²) >= 11 is 0. The van der Waals surface area contributed by atoms with E-state index in [9.17, 15) is 26.7 Å². The van der Waals surface area contributed by atoms with Crippen molar-refractivity contribution in [2.24, 2.45) is 13.0 Å². The van der Waals surface area contributed by atoms with E-state index in [-0.39, 0.29) is 42.5 Å². The number of pyridine rings is 1. The quantitative estimate of drug-likeness (QED) is 0.310. The van der Waals surface area contributed by atoms with Crippen molar-refractivity contribution in [3.8, 4) is 0 Å². The molecule has 0 radical (unpaired) electrons. The zero-order chi connectivity index (χ0) is 34.1. The molecule has 47 heavy (non-hydrogen) atoms. The number of aryl methyl sites for hydroxylation is 1. The number of alkyl halides is 5. The Kier molecular flexibility index (Phi) is 8.35. The Morgan fingerprint density at radius 3 is 2.38 bits per heavy atom. The highest BCUT2D eigenvalue weighted by atomic mass is 19.4. The third-order valence-corrected chi connectivity index (χ3v) is 9.94. The van der Waals surface area contributed by atoms with Gasteiger partial charge in [-0.1, -0.05) is 13.8 Å². The second kappa shape index (κ2) is 11.8. The van der Waals surface area contributed by atoms with Crippen molar-refractivity contribution < 1.29 is 26.7 Å². The van der Waals surface area contributed by atoms with Crippen molar-refractivity contribution in [1.82, 2.24) is 29.5 Å². The highest BCUT2D eigenvalue weighted by molar-refractivity contribution is 6.10. The van der Waals surface area contributed by atoms with Gasteiger partial charge in [0, 0.05) is 83.6 Å². The number of fused-ring (bicyclic) bond motifs is 1. The monoisotopic (exact) mass is 660 g/mol. The smallest absolute Gasteiger partial charge is 0.363 e. The zero-order valence-corrected chi connectivity index (χ0v) is 27.6. The molecule has 0 unspecified atom stereocenters. The van der Waals surface area contributed by atoms with Crippen LogP contribution in [0.25, 0.3) is 0 Å². The van der Waals surface area contributed by atoms with Crippen LogP contribution in [0.15, 0.2) is 30.6 Å². The van der Waals surface area contributed by atoms with Crippen molar-refractivity contribution in [1.29, 1.82) is 0 Å². The number of hydrogen-bond acceptors (Lipinski definition) is 7. The molecule has 0 bridgehead atoms. The Morgan fingerprint density at radius 2 is 1.79 bits per heavy atom. The number of amides is 1. The van der Waals surface area contributed by atoms with Crippen molar-refractivity contribution in [3.63, 3.8) is 0 Å². The number of rotatable bonds is 8. The molecule has 9 nitrogen and oxygen atoms in total. The molecular weight excluding hydrogens is 619 g/mol. The van der Waals surface area contributed by atoms with Gasteiger partial charge in [-0.2, -0.15) is 13.2 Å². The molecule has 2 aliphatic heterocycles. The second-order valence-corrected chi connectivity index (χ2v) is 14.1. The Hall–Kier alpha value is -3.65. The molecule has 4 heterocycles. The van der Waals surface area contributed by atoms with E-state index in [1.165, 1.54) is 17.3 Å². The van der Waals surface area contributed by atoms with Gasteiger partial charge in [0.2, 0.25) is 5.92 Å². The van der Waals surface area contributed by atoms with E-state index in [1.807, 2.05) is 7.05 Å². The zero-order valence-electron chi connectivity index (χ0n) is 27.6. The minimum Gasteiger partial charge on any atom is -0.363 e. The lowest BCUT2D eigenvalue weighted by atomic mass is 9.60. The van der Waals surface area contributed by atoms with Crippen LogP contribution < -0.4 is 9.80 Å². The molecule has 3 aromatic rings. The molecule has 1 saturated carbocycles. The van der Waals surface area contributed by atoms with Crippen LogP contribution in [0, 0.1) is 5.92 Å². The molecule has 1 amide bonds. The minimum absolute atomic E-state index is 0.00682.